The Hall–Kier alpha value is -1.58. The number of rotatable bonds is 4. The van der Waals surface area contributed by atoms with Gasteiger partial charge < -0.3 is 10.0 Å². The van der Waals surface area contributed by atoms with Crippen LogP contribution < -0.4 is 4.90 Å². The fraction of sp³-hybridized carbons (Fsp3) is 0.462. The lowest BCUT2D eigenvalue weighted by Crippen LogP contribution is -2.21. The van der Waals surface area contributed by atoms with Crippen molar-refractivity contribution in [2.75, 3.05) is 19.0 Å². The van der Waals surface area contributed by atoms with Crippen LogP contribution in [0.1, 0.15) is 25.3 Å². The molecule has 1 rings (SSSR count). The van der Waals surface area contributed by atoms with E-state index in [-0.39, 0.29) is 11.7 Å². The molecule has 0 heterocycles. The molecule has 0 saturated heterocycles. The molecule has 1 atom stereocenters. The van der Waals surface area contributed by atoms with Gasteiger partial charge in [0.05, 0.1) is 5.92 Å². The highest BCUT2D eigenvalue weighted by Gasteiger charge is 2.26. The van der Waals surface area contributed by atoms with Crippen molar-refractivity contribution in [3.8, 4) is 0 Å². The van der Waals surface area contributed by atoms with Crippen LogP contribution >= 0.6 is 0 Å². The first-order chi connectivity index (χ1) is 7.84. The summed E-state index contributed by atoms with van der Waals surface area (Å²) in [6.07, 6.45) is 0. The van der Waals surface area contributed by atoms with Gasteiger partial charge in [-0.05, 0) is 23.6 Å². The van der Waals surface area contributed by atoms with Gasteiger partial charge in [0, 0.05) is 19.8 Å². The van der Waals surface area contributed by atoms with Crippen LogP contribution in [0, 0.1) is 11.7 Å². The first-order valence-electron chi connectivity index (χ1n) is 5.54. The van der Waals surface area contributed by atoms with Gasteiger partial charge in [0.15, 0.2) is 0 Å². The van der Waals surface area contributed by atoms with Crippen LogP contribution in [0.2, 0.25) is 0 Å². The summed E-state index contributed by atoms with van der Waals surface area (Å²) in [5, 5.41) is 9.26. The number of hydrogen-bond donors (Lipinski definition) is 1. The summed E-state index contributed by atoms with van der Waals surface area (Å²) < 4.78 is 13.2. The maximum absolute atomic E-state index is 13.2. The Bertz CT molecular complexity index is 416. The predicted molar refractivity (Wildman–Crippen MR) is 65.9 cm³/mol. The third-order valence-electron chi connectivity index (χ3n) is 2.74. The van der Waals surface area contributed by atoms with E-state index in [1.807, 2.05) is 13.8 Å². The van der Waals surface area contributed by atoms with Gasteiger partial charge in [-0.25, -0.2) is 4.39 Å². The summed E-state index contributed by atoms with van der Waals surface area (Å²) in [7, 11) is 3.55. The number of nitrogens with zero attached hydrogens (tertiary/aromatic N) is 1. The summed E-state index contributed by atoms with van der Waals surface area (Å²) in [6.45, 7) is 3.70. The van der Waals surface area contributed by atoms with E-state index in [2.05, 4.69) is 0 Å². The van der Waals surface area contributed by atoms with Crippen LogP contribution in [-0.2, 0) is 4.79 Å². The summed E-state index contributed by atoms with van der Waals surface area (Å²) >= 11 is 0. The van der Waals surface area contributed by atoms with Crippen molar-refractivity contribution >= 4 is 11.7 Å². The second kappa shape index (κ2) is 5.17. The molecule has 0 aliphatic carbocycles. The molecule has 0 aliphatic rings. The molecule has 0 fully saturated rings. The minimum Gasteiger partial charge on any atom is -0.481 e. The average Bonchev–Trinajstić information content (AvgIpc) is 2.19. The van der Waals surface area contributed by atoms with Gasteiger partial charge in [-0.15, -0.1) is 0 Å². The summed E-state index contributed by atoms with van der Waals surface area (Å²) in [5.74, 6) is -1.90. The van der Waals surface area contributed by atoms with Crippen LogP contribution in [0.25, 0.3) is 0 Å². The molecule has 0 aliphatic heterocycles. The molecule has 17 heavy (non-hydrogen) atoms. The molecule has 1 aromatic carbocycles. The largest absolute Gasteiger partial charge is 0.481 e. The van der Waals surface area contributed by atoms with Crippen LogP contribution in [0.15, 0.2) is 18.2 Å². The predicted octanol–water partition coefficient (Wildman–Crippen LogP) is 2.72. The van der Waals surface area contributed by atoms with Gasteiger partial charge in [-0.1, -0.05) is 19.9 Å². The number of carbonyl (C=O) groups is 1. The molecule has 1 unspecified atom stereocenters. The SMILES string of the molecule is CC(C)C(C(=O)O)c1ccc(F)cc1N(C)C. The standard InChI is InChI=1S/C13H18FNO2/c1-8(2)12(13(16)17)10-6-5-9(14)7-11(10)15(3)4/h5-8,12H,1-4H3,(H,16,17). The molecule has 0 radical (unpaired) electrons. The maximum atomic E-state index is 13.2. The highest BCUT2D eigenvalue weighted by atomic mass is 19.1. The molecule has 3 nitrogen and oxygen atoms in total. The van der Waals surface area contributed by atoms with Gasteiger partial charge in [-0.2, -0.15) is 0 Å². The molecular formula is C13H18FNO2. The van der Waals surface area contributed by atoms with Gasteiger partial charge in [0.2, 0.25) is 0 Å². The Morgan fingerprint density at radius 2 is 1.94 bits per heavy atom. The lowest BCUT2D eigenvalue weighted by Gasteiger charge is -2.24. The molecule has 4 heteroatoms. The fourth-order valence-corrected chi connectivity index (χ4v) is 1.94. The van der Waals surface area contributed by atoms with Crippen LogP contribution in [0.4, 0.5) is 10.1 Å². The van der Waals surface area contributed by atoms with Gasteiger partial charge in [0.1, 0.15) is 5.82 Å². The number of hydrogen-bond acceptors (Lipinski definition) is 2. The number of halogens is 1. The zero-order valence-electron chi connectivity index (χ0n) is 10.6. The number of carboxylic acids is 1. The molecule has 94 valence electrons. The lowest BCUT2D eigenvalue weighted by molar-refractivity contribution is -0.139. The molecule has 0 spiro atoms. The van der Waals surface area contributed by atoms with E-state index >= 15 is 0 Å². The average molecular weight is 239 g/mol. The number of carboxylic acid groups (broad SMARTS) is 1. The zero-order valence-corrected chi connectivity index (χ0v) is 10.6. The van der Waals surface area contributed by atoms with Crippen molar-refractivity contribution < 1.29 is 14.3 Å². The summed E-state index contributed by atoms with van der Waals surface area (Å²) in [4.78, 5) is 13.0. The second-order valence-corrected chi connectivity index (χ2v) is 4.66. The lowest BCUT2D eigenvalue weighted by atomic mass is 9.87. The Labute approximate surface area is 101 Å². The third-order valence-corrected chi connectivity index (χ3v) is 2.74. The Balaban J connectivity index is 3.32. The number of anilines is 1. The molecule has 0 bridgehead atoms. The normalized spacial score (nSPS) is 12.6. The quantitative estimate of drug-likeness (QED) is 0.878. The fourth-order valence-electron chi connectivity index (χ4n) is 1.94. The van der Waals surface area contributed by atoms with E-state index in [0.717, 1.165) is 0 Å². The minimum atomic E-state index is -0.880. The Kier molecular flexibility index (Phi) is 4.10. The van der Waals surface area contributed by atoms with Crippen LogP contribution in [0.5, 0.6) is 0 Å². The van der Waals surface area contributed by atoms with Crippen molar-refractivity contribution in [2.24, 2.45) is 5.92 Å². The topological polar surface area (TPSA) is 40.5 Å². The van der Waals surface area contributed by atoms with Crippen LogP contribution in [-0.4, -0.2) is 25.2 Å². The van der Waals surface area contributed by atoms with E-state index in [1.165, 1.54) is 12.1 Å². The van der Waals surface area contributed by atoms with Crippen molar-refractivity contribution in [2.45, 2.75) is 19.8 Å². The maximum Gasteiger partial charge on any atom is 0.311 e. The molecule has 0 aromatic heterocycles. The number of aliphatic carboxylic acids is 1. The van der Waals surface area contributed by atoms with E-state index in [9.17, 15) is 14.3 Å². The van der Waals surface area contributed by atoms with E-state index in [4.69, 9.17) is 0 Å². The van der Waals surface area contributed by atoms with Crippen molar-refractivity contribution in [1.29, 1.82) is 0 Å². The Morgan fingerprint density at radius 1 is 1.35 bits per heavy atom. The first-order valence-corrected chi connectivity index (χ1v) is 5.54. The Morgan fingerprint density at radius 3 is 2.35 bits per heavy atom. The first kappa shape index (κ1) is 13.5. The zero-order chi connectivity index (χ0) is 13.2. The molecular weight excluding hydrogens is 221 g/mol. The highest BCUT2D eigenvalue weighted by molar-refractivity contribution is 5.79. The monoisotopic (exact) mass is 239 g/mol. The molecule has 1 N–H and O–H groups in total. The van der Waals surface area contributed by atoms with E-state index in [0.29, 0.717) is 11.3 Å². The summed E-state index contributed by atoms with van der Waals surface area (Å²) in [6, 6.07) is 4.23. The molecule has 0 amide bonds. The third kappa shape index (κ3) is 2.96. The number of benzene rings is 1. The van der Waals surface area contributed by atoms with Crippen molar-refractivity contribution in [3.05, 3.63) is 29.6 Å². The van der Waals surface area contributed by atoms with Gasteiger partial charge >= 0.3 is 5.97 Å². The van der Waals surface area contributed by atoms with Gasteiger partial charge in [0.25, 0.3) is 0 Å². The van der Waals surface area contributed by atoms with Gasteiger partial charge in [-0.3, -0.25) is 4.79 Å². The smallest absolute Gasteiger partial charge is 0.311 e. The van der Waals surface area contributed by atoms with Crippen molar-refractivity contribution in [3.63, 3.8) is 0 Å². The highest BCUT2D eigenvalue weighted by Crippen LogP contribution is 2.32. The minimum absolute atomic E-state index is 0.0448. The van der Waals surface area contributed by atoms with E-state index < -0.39 is 11.9 Å². The molecule has 1 aromatic rings. The van der Waals surface area contributed by atoms with E-state index in [1.54, 1.807) is 25.1 Å². The van der Waals surface area contributed by atoms with Crippen molar-refractivity contribution in [1.82, 2.24) is 0 Å². The van der Waals surface area contributed by atoms with Crippen LogP contribution in [0.3, 0.4) is 0 Å². The summed E-state index contributed by atoms with van der Waals surface area (Å²) in [5.41, 5.74) is 1.27. The molecule has 0 saturated carbocycles. The second-order valence-electron chi connectivity index (χ2n) is 4.66.